The van der Waals surface area contributed by atoms with Crippen molar-refractivity contribution in [1.29, 1.82) is 0 Å². The molecule has 1 aliphatic rings. The topological polar surface area (TPSA) is 92.7 Å². The minimum Gasteiger partial charge on any atom is -0.480 e. The van der Waals surface area contributed by atoms with Crippen LogP contribution in [0.4, 0.5) is 0 Å². The maximum Gasteiger partial charge on any atom is 0.321 e. The van der Waals surface area contributed by atoms with Gasteiger partial charge in [0.1, 0.15) is 6.04 Å². The van der Waals surface area contributed by atoms with Gasteiger partial charge in [0.2, 0.25) is 10.0 Å². The van der Waals surface area contributed by atoms with E-state index in [1.807, 2.05) is 13.8 Å². The number of fused-ring (bicyclic) bond motifs is 1. The summed E-state index contributed by atoms with van der Waals surface area (Å²) in [5, 5.41) is 9.14. The summed E-state index contributed by atoms with van der Waals surface area (Å²) in [7, 11) is -3.86. The number of carboxylic acid groups (broad SMARTS) is 1. The Hall–Kier alpha value is -1.44. The molecule has 1 aromatic carbocycles. The van der Waals surface area contributed by atoms with Crippen molar-refractivity contribution < 1.29 is 23.1 Å². The number of ether oxygens (including phenoxy) is 1. The van der Waals surface area contributed by atoms with Crippen molar-refractivity contribution in [3.8, 4) is 0 Å². The summed E-state index contributed by atoms with van der Waals surface area (Å²) in [6.07, 6.45) is 0.239. The van der Waals surface area contributed by atoms with Gasteiger partial charge >= 0.3 is 5.97 Å². The Bertz CT molecular complexity index is 639. The van der Waals surface area contributed by atoms with E-state index in [2.05, 4.69) is 4.72 Å². The Morgan fingerprint density at radius 3 is 2.62 bits per heavy atom. The number of rotatable bonds is 6. The molecule has 0 saturated carbocycles. The summed E-state index contributed by atoms with van der Waals surface area (Å²) in [6, 6.07) is 3.59. The Labute approximate surface area is 124 Å². The molecule has 0 fully saturated rings. The maximum absolute atomic E-state index is 12.3. The van der Waals surface area contributed by atoms with Crippen LogP contribution in [-0.2, 0) is 32.8 Å². The lowest BCUT2D eigenvalue weighted by Gasteiger charge is -2.17. The first-order chi connectivity index (χ1) is 9.79. The number of hydrogen-bond acceptors (Lipinski definition) is 4. The van der Waals surface area contributed by atoms with Gasteiger partial charge in [-0.1, -0.05) is 19.9 Å². The molecule has 1 atom stereocenters. The molecule has 0 radical (unpaired) electrons. The molecule has 0 amide bonds. The largest absolute Gasteiger partial charge is 0.480 e. The van der Waals surface area contributed by atoms with Crippen molar-refractivity contribution in [3.63, 3.8) is 0 Å². The normalized spacial score (nSPS) is 16.0. The molecule has 1 aromatic rings. The molecule has 116 valence electrons. The Balaban J connectivity index is 2.23. The average Bonchev–Trinajstić information content (AvgIpc) is 2.84. The smallest absolute Gasteiger partial charge is 0.321 e. The van der Waals surface area contributed by atoms with Gasteiger partial charge in [-0.05, 0) is 35.6 Å². The lowest BCUT2D eigenvalue weighted by Crippen LogP contribution is -2.41. The second-order valence-corrected chi connectivity index (χ2v) is 7.28. The Kier molecular flexibility index (Phi) is 4.65. The first kappa shape index (κ1) is 15.9. The Morgan fingerprint density at radius 1 is 1.33 bits per heavy atom. The number of benzene rings is 1. The molecule has 2 rings (SSSR count). The third-order valence-corrected chi connectivity index (χ3v) is 4.78. The van der Waals surface area contributed by atoms with E-state index in [9.17, 15) is 13.2 Å². The summed E-state index contributed by atoms with van der Waals surface area (Å²) in [4.78, 5) is 11.3. The number of nitrogens with one attached hydrogen (secondary N) is 1. The molecular formula is C14H19NO5S. The lowest BCUT2D eigenvalue weighted by atomic mass is 10.1. The minimum absolute atomic E-state index is 0.0711. The van der Waals surface area contributed by atoms with Crippen LogP contribution in [0.1, 0.15) is 31.4 Å². The molecule has 0 aromatic heterocycles. The monoisotopic (exact) mass is 313 g/mol. The number of carboxylic acids is 1. The van der Waals surface area contributed by atoms with Gasteiger partial charge in [0, 0.05) is 0 Å². The first-order valence-corrected chi connectivity index (χ1v) is 8.22. The van der Waals surface area contributed by atoms with Crippen molar-refractivity contribution >= 4 is 16.0 Å². The van der Waals surface area contributed by atoms with E-state index < -0.39 is 22.0 Å². The number of hydrogen-bond donors (Lipinski definition) is 2. The molecule has 0 spiro atoms. The molecule has 0 unspecified atom stereocenters. The molecule has 1 heterocycles. The highest BCUT2D eigenvalue weighted by atomic mass is 32.2. The van der Waals surface area contributed by atoms with Crippen LogP contribution in [0.25, 0.3) is 0 Å². The van der Waals surface area contributed by atoms with Gasteiger partial charge in [-0.25, -0.2) is 8.42 Å². The molecule has 2 N–H and O–H groups in total. The summed E-state index contributed by atoms with van der Waals surface area (Å²) < 4.78 is 32.1. The van der Waals surface area contributed by atoms with Crippen LogP contribution in [0.2, 0.25) is 0 Å². The average molecular weight is 313 g/mol. The van der Waals surface area contributed by atoms with E-state index in [0.29, 0.717) is 13.2 Å². The van der Waals surface area contributed by atoms with Crippen molar-refractivity contribution in [2.75, 3.05) is 0 Å². The van der Waals surface area contributed by atoms with E-state index >= 15 is 0 Å². The molecule has 6 nitrogen and oxygen atoms in total. The van der Waals surface area contributed by atoms with Crippen LogP contribution in [0.3, 0.4) is 0 Å². The fourth-order valence-electron chi connectivity index (χ4n) is 2.24. The molecule has 0 aliphatic carbocycles. The third-order valence-electron chi connectivity index (χ3n) is 3.31. The van der Waals surface area contributed by atoms with Crippen LogP contribution >= 0.6 is 0 Å². The standard InChI is InChI=1S/C14H19NO5S/c1-9(2)5-13(14(16)17)15-21(18,19)12-4-3-10-7-20-8-11(10)6-12/h3-4,6,9,13,15H,5,7-8H2,1-2H3,(H,16,17)/t13-/m1/s1. The zero-order chi connectivity index (χ0) is 15.6. The van der Waals surface area contributed by atoms with E-state index in [-0.39, 0.29) is 17.2 Å². The highest BCUT2D eigenvalue weighted by Crippen LogP contribution is 2.23. The second kappa shape index (κ2) is 6.13. The second-order valence-electron chi connectivity index (χ2n) is 5.56. The lowest BCUT2D eigenvalue weighted by molar-refractivity contribution is -0.139. The van der Waals surface area contributed by atoms with Crippen LogP contribution in [0.5, 0.6) is 0 Å². The fourth-order valence-corrected chi connectivity index (χ4v) is 3.49. The van der Waals surface area contributed by atoms with Crippen LogP contribution in [0, 0.1) is 5.92 Å². The molecule has 1 aliphatic heterocycles. The van der Waals surface area contributed by atoms with E-state index in [4.69, 9.17) is 9.84 Å². The molecule has 0 saturated heterocycles. The highest BCUT2D eigenvalue weighted by molar-refractivity contribution is 7.89. The van der Waals surface area contributed by atoms with Crippen molar-refractivity contribution in [3.05, 3.63) is 29.3 Å². The van der Waals surface area contributed by atoms with Gasteiger partial charge in [0.05, 0.1) is 18.1 Å². The van der Waals surface area contributed by atoms with Gasteiger partial charge in [-0.15, -0.1) is 0 Å². The summed E-state index contributed by atoms with van der Waals surface area (Å²) in [5.41, 5.74) is 1.79. The number of aliphatic carboxylic acids is 1. The van der Waals surface area contributed by atoms with Crippen LogP contribution < -0.4 is 4.72 Å². The highest BCUT2D eigenvalue weighted by Gasteiger charge is 2.27. The van der Waals surface area contributed by atoms with Gasteiger partial charge in [-0.3, -0.25) is 4.79 Å². The zero-order valence-electron chi connectivity index (χ0n) is 12.0. The van der Waals surface area contributed by atoms with Gasteiger partial charge < -0.3 is 9.84 Å². The number of carbonyl (C=O) groups is 1. The maximum atomic E-state index is 12.3. The minimum atomic E-state index is -3.86. The van der Waals surface area contributed by atoms with E-state index in [1.54, 1.807) is 12.1 Å². The molecule has 7 heteroatoms. The molecular weight excluding hydrogens is 294 g/mol. The predicted octanol–water partition coefficient (Wildman–Crippen LogP) is 1.49. The predicted molar refractivity (Wildman–Crippen MR) is 76.1 cm³/mol. The van der Waals surface area contributed by atoms with E-state index in [0.717, 1.165) is 11.1 Å². The summed E-state index contributed by atoms with van der Waals surface area (Å²) in [5.74, 6) is -1.10. The van der Waals surface area contributed by atoms with Gasteiger partial charge in [0.25, 0.3) is 0 Å². The fraction of sp³-hybridized carbons (Fsp3) is 0.500. The van der Waals surface area contributed by atoms with Crippen LogP contribution in [-0.4, -0.2) is 25.5 Å². The Morgan fingerprint density at radius 2 is 2.00 bits per heavy atom. The zero-order valence-corrected chi connectivity index (χ0v) is 12.8. The third kappa shape index (κ3) is 3.81. The number of sulfonamides is 1. The summed E-state index contributed by atoms with van der Waals surface area (Å²) >= 11 is 0. The first-order valence-electron chi connectivity index (χ1n) is 6.74. The molecule has 0 bridgehead atoms. The van der Waals surface area contributed by atoms with Crippen molar-refractivity contribution in [2.24, 2.45) is 5.92 Å². The molecule has 21 heavy (non-hydrogen) atoms. The van der Waals surface area contributed by atoms with Crippen LogP contribution in [0.15, 0.2) is 23.1 Å². The quantitative estimate of drug-likeness (QED) is 0.830. The van der Waals surface area contributed by atoms with Gasteiger partial charge in [0.15, 0.2) is 0 Å². The van der Waals surface area contributed by atoms with Gasteiger partial charge in [-0.2, -0.15) is 4.72 Å². The van der Waals surface area contributed by atoms with E-state index in [1.165, 1.54) is 6.07 Å². The summed E-state index contributed by atoms with van der Waals surface area (Å²) in [6.45, 7) is 4.55. The SMILES string of the molecule is CC(C)C[C@@H](NS(=O)(=O)c1ccc2c(c1)COC2)C(=O)O. The van der Waals surface area contributed by atoms with Crippen molar-refractivity contribution in [2.45, 2.75) is 44.4 Å². The van der Waals surface area contributed by atoms with Crippen molar-refractivity contribution in [1.82, 2.24) is 4.72 Å².